The highest BCUT2D eigenvalue weighted by atomic mass is 35.5. The Morgan fingerprint density at radius 1 is 1.50 bits per heavy atom. The Morgan fingerprint density at radius 3 is 2.70 bits per heavy atom. The Bertz CT molecular complexity index is 542. The largest absolute Gasteiger partial charge is 0.480 e. The average molecular weight is 300 g/mol. The van der Waals surface area contributed by atoms with Gasteiger partial charge in [0.25, 0.3) is 0 Å². The van der Waals surface area contributed by atoms with Crippen LogP contribution in [0.4, 0.5) is 5.69 Å². The fraction of sp³-hybridized carbons (Fsp3) is 0.462. The number of nitro groups is 1. The fourth-order valence-electron chi connectivity index (χ4n) is 2.17. The van der Waals surface area contributed by atoms with Crippen molar-refractivity contribution in [2.24, 2.45) is 0 Å². The number of halogens is 1. The molecule has 2 rings (SSSR count). The normalized spacial score (nSPS) is 16.1. The molecule has 1 fully saturated rings. The molecule has 1 aromatic rings. The molecule has 1 saturated carbocycles. The second-order valence-corrected chi connectivity index (χ2v) is 5.20. The van der Waals surface area contributed by atoms with Crippen LogP contribution in [0.5, 0.6) is 5.75 Å². The summed E-state index contributed by atoms with van der Waals surface area (Å²) in [6.45, 7) is 0. The third kappa shape index (κ3) is 3.01. The summed E-state index contributed by atoms with van der Waals surface area (Å²) < 4.78 is 10.4. The molecule has 0 aromatic heterocycles. The van der Waals surface area contributed by atoms with Crippen LogP contribution < -0.4 is 4.74 Å². The Labute approximate surface area is 120 Å². The average Bonchev–Trinajstić information content (AvgIpc) is 2.37. The van der Waals surface area contributed by atoms with Crippen molar-refractivity contribution < 1.29 is 19.2 Å². The number of benzene rings is 1. The van der Waals surface area contributed by atoms with E-state index in [2.05, 4.69) is 4.74 Å². The van der Waals surface area contributed by atoms with Crippen LogP contribution in [0.1, 0.15) is 25.7 Å². The zero-order valence-corrected chi connectivity index (χ0v) is 11.7. The van der Waals surface area contributed by atoms with Crippen LogP contribution in [0, 0.1) is 10.1 Å². The van der Waals surface area contributed by atoms with E-state index in [9.17, 15) is 14.9 Å². The first-order valence-electron chi connectivity index (χ1n) is 6.15. The van der Waals surface area contributed by atoms with Crippen molar-refractivity contribution >= 4 is 23.3 Å². The lowest BCUT2D eigenvalue weighted by molar-refractivity contribution is -0.386. The molecule has 7 heteroatoms. The molecule has 0 aliphatic heterocycles. The van der Waals surface area contributed by atoms with Gasteiger partial charge in [0.1, 0.15) is 5.60 Å². The predicted molar refractivity (Wildman–Crippen MR) is 71.9 cm³/mol. The van der Waals surface area contributed by atoms with E-state index in [-0.39, 0.29) is 28.8 Å². The Morgan fingerprint density at radius 2 is 2.20 bits per heavy atom. The highest BCUT2D eigenvalue weighted by Gasteiger charge is 2.43. The van der Waals surface area contributed by atoms with Crippen molar-refractivity contribution in [1.82, 2.24) is 0 Å². The second-order valence-electron chi connectivity index (χ2n) is 4.76. The first kappa shape index (κ1) is 14.6. The van der Waals surface area contributed by atoms with Gasteiger partial charge in [-0.25, -0.2) is 0 Å². The molecule has 1 aliphatic rings. The highest BCUT2D eigenvalue weighted by molar-refractivity contribution is 6.30. The van der Waals surface area contributed by atoms with E-state index >= 15 is 0 Å². The summed E-state index contributed by atoms with van der Waals surface area (Å²) >= 11 is 5.75. The number of nitrogens with zero attached hydrogens (tertiary/aromatic N) is 1. The lowest BCUT2D eigenvalue weighted by Crippen LogP contribution is -2.45. The van der Waals surface area contributed by atoms with Gasteiger partial charge in [-0.1, -0.05) is 11.6 Å². The van der Waals surface area contributed by atoms with Gasteiger partial charge < -0.3 is 9.47 Å². The Kier molecular flexibility index (Phi) is 4.13. The number of methoxy groups -OCH3 is 1. The Balaban J connectivity index is 2.24. The summed E-state index contributed by atoms with van der Waals surface area (Å²) in [5.74, 6) is -0.260. The third-order valence-corrected chi connectivity index (χ3v) is 3.64. The van der Waals surface area contributed by atoms with Gasteiger partial charge >= 0.3 is 11.7 Å². The highest BCUT2D eigenvalue weighted by Crippen LogP contribution is 2.42. The van der Waals surface area contributed by atoms with Gasteiger partial charge in [0.2, 0.25) is 0 Å². The standard InChI is InChI=1S/C13H14ClNO5/c1-19-12(16)8-13(5-2-6-13)20-11-4-3-9(14)7-10(11)15(17)18/h3-4,7H,2,5-6,8H2,1H3. The fourth-order valence-corrected chi connectivity index (χ4v) is 2.34. The molecule has 6 nitrogen and oxygen atoms in total. The lowest BCUT2D eigenvalue weighted by Gasteiger charge is -2.40. The summed E-state index contributed by atoms with van der Waals surface area (Å²) in [5.41, 5.74) is -0.903. The summed E-state index contributed by atoms with van der Waals surface area (Å²) in [4.78, 5) is 21.9. The lowest BCUT2D eigenvalue weighted by atomic mass is 9.77. The third-order valence-electron chi connectivity index (χ3n) is 3.40. The Hall–Kier alpha value is -1.82. The van der Waals surface area contributed by atoms with E-state index in [1.54, 1.807) is 0 Å². The van der Waals surface area contributed by atoms with E-state index in [0.717, 1.165) is 6.42 Å². The molecule has 0 radical (unpaired) electrons. The molecule has 0 heterocycles. The molecule has 1 aliphatic carbocycles. The van der Waals surface area contributed by atoms with Crippen molar-refractivity contribution in [1.29, 1.82) is 0 Å². The number of rotatable bonds is 5. The second kappa shape index (κ2) is 5.66. The SMILES string of the molecule is COC(=O)CC1(Oc2ccc(Cl)cc2[N+](=O)[O-])CCC1. The number of hydrogen-bond donors (Lipinski definition) is 0. The zero-order chi connectivity index (χ0) is 14.8. The maximum atomic E-state index is 11.4. The maximum Gasteiger partial charge on any atom is 0.312 e. The minimum atomic E-state index is -0.703. The van der Waals surface area contributed by atoms with Crippen molar-refractivity contribution in [3.8, 4) is 5.75 Å². The van der Waals surface area contributed by atoms with Gasteiger partial charge in [-0.2, -0.15) is 0 Å². The van der Waals surface area contributed by atoms with Crippen LogP contribution in [0.25, 0.3) is 0 Å². The van der Waals surface area contributed by atoms with Gasteiger partial charge in [0.05, 0.1) is 18.5 Å². The molecular weight excluding hydrogens is 286 g/mol. The topological polar surface area (TPSA) is 78.7 Å². The van der Waals surface area contributed by atoms with Crippen molar-refractivity contribution in [2.75, 3.05) is 7.11 Å². The number of hydrogen-bond acceptors (Lipinski definition) is 5. The van der Waals surface area contributed by atoms with Crippen LogP contribution in [-0.2, 0) is 9.53 Å². The monoisotopic (exact) mass is 299 g/mol. The van der Waals surface area contributed by atoms with Crippen LogP contribution in [0.3, 0.4) is 0 Å². The molecule has 20 heavy (non-hydrogen) atoms. The number of esters is 1. The minimum Gasteiger partial charge on any atom is -0.480 e. The molecular formula is C13H14ClNO5. The first-order chi connectivity index (χ1) is 9.46. The van der Waals surface area contributed by atoms with Crippen molar-refractivity contribution in [2.45, 2.75) is 31.3 Å². The van der Waals surface area contributed by atoms with Crippen LogP contribution >= 0.6 is 11.6 Å². The quantitative estimate of drug-likeness (QED) is 0.474. The number of nitro benzene ring substituents is 1. The molecule has 0 N–H and O–H groups in total. The summed E-state index contributed by atoms with van der Waals surface area (Å²) in [5, 5.41) is 11.3. The predicted octanol–water partition coefficient (Wildman–Crippen LogP) is 3.11. The molecule has 0 amide bonds. The maximum absolute atomic E-state index is 11.4. The van der Waals surface area contributed by atoms with E-state index in [4.69, 9.17) is 16.3 Å². The van der Waals surface area contributed by atoms with Gasteiger partial charge in [0, 0.05) is 11.1 Å². The van der Waals surface area contributed by atoms with Crippen LogP contribution in [0.15, 0.2) is 18.2 Å². The van der Waals surface area contributed by atoms with E-state index < -0.39 is 10.5 Å². The molecule has 0 saturated heterocycles. The minimum absolute atomic E-state index is 0.0866. The number of carbonyl (C=O) groups excluding carboxylic acids is 1. The number of ether oxygens (including phenoxy) is 2. The van der Waals surface area contributed by atoms with E-state index in [1.165, 1.54) is 25.3 Å². The van der Waals surface area contributed by atoms with Gasteiger partial charge in [-0.05, 0) is 31.4 Å². The smallest absolute Gasteiger partial charge is 0.312 e. The first-order valence-corrected chi connectivity index (χ1v) is 6.53. The molecule has 0 atom stereocenters. The van der Waals surface area contributed by atoms with Gasteiger partial charge in [-0.15, -0.1) is 0 Å². The molecule has 1 aromatic carbocycles. The van der Waals surface area contributed by atoms with E-state index in [1.807, 2.05) is 0 Å². The molecule has 0 unspecified atom stereocenters. The summed E-state index contributed by atoms with van der Waals surface area (Å²) in [6, 6.07) is 4.22. The molecule has 108 valence electrons. The molecule has 0 bridgehead atoms. The molecule has 0 spiro atoms. The van der Waals surface area contributed by atoms with Crippen molar-refractivity contribution in [3.63, 3.8) is 0 Å². The van der Waals surface area contributed by atoms with Crippen molar-refractivity contribution in [3.05, 3.63) is 33.3 Å². The van der Waals surface area contributed by atoms with Crippen LogP contribution in [-0.4, -0.2) is 23.6 Å². The zero-order valence-electron chi connectivity index (χ0n) is 10.9. The summed E-state index contributed by atoms with van der Waals surface area (Å²) in [7, 11) is 1.30. The van der Waals surface area contributed by atoms with Crippen LogP contribution in [0.2, 0.25) is 5.02 Å². The van der Waals surface area contributed by atoms with E-state index in [0.29, 0.717) is 12.8 Å². The summed E-state index contributed by atoms with van der Waals surface area (Å²) in [6.07, 6.45) is 2.34. The van der Waals surface area contributed by atoms with Gasteiger partial charge in [-0.3, -0.25) is 14.9 Å². The number of carbonyl (C=O) groups is 1. The van der Waals surface area contributed by atoms with Gasteiger partial charge in [0.15, 0.2) is 5.75 Å².